The Morgan fingerprint density at radius 3 is 2.82 bits per heavy atom. The molecule has 0 saturated carbocycles. The second-order valence-electron chi connectivity index (χ2n) is 3.08. The van der Waals surface area contributed by atoms with Gasteiger partial charge in [0, 0.05) is 0 Å². The number of methoxy groups -OCH3 is 1. The first-order valence-electron chi connectivity index (χ1n) is 5.10. The van der Waals surface area contributed by atoms with Gasteiger partial charge in [0.1, 0.15) is 6.54 Å². The van der Waals surface area contributed by atoms with Gasteiger partial charge in [-0.15, -0.1) is 0 Å². The first-order chi connectivity index (χ1) is 8.15. The topological polar surface area (TPSA) is 112 Å². The molecule has 8 heteroatoms. The largest absolute Gasteiger partial charge is 0.468 e. The zero-order valence-electron chi connectivity index (χ0n) is 9.77. The molecular formula is C9H15N5O3. The number of aromatic nitrogens is 3. The van der Waals surface area contributed by atoms with E-state index < -0.39 is 5.97 Å². The first kappa shape index (κ1) is 12.9. The third-order valence-corrected chi connectivity index (χ3v) is 1.69. The molecule has 0 fully saturated rings. The summed E-state index contributed by atoms with van der Waals surface area (Å²) in [5, 5.41) is 2.66. The number of nitrogens with one attached hydrogen (secondary N) is 1. The van der Waals surface area contributed by atoms with Crippen molar-refractivity contribution >= 4 is 17.9 Å². The summed E-state index contributed by atoms with van der Waals surface area (Å²) in [6, 6.07) is 0.131. The van der Waals surface area contributed by atoms with Crippen LogP contribution in [0.2, 0.25) is 0 Å². The molecule has 0 spiro atoms. The van der Waals surface area contributed by atoms with Gasteiger partial charge in [0.25, 0.3) is 0 Å². The smallest absolute Gasteiger partial charge is 0.325 e. The Hall–Kier alpha value is -2.12. The quantitative estimate of drug-likeness (QED) is 0.660. The molecule has 3 N–H and O–H groups in total. The van der Waals surface area contributed by atoms with Gasteiger partial charge in [-0.3, -0.25) is 4.79 Å². The maximum absolute atomic E-state index is 10.9. The number of carbonyl (C=O) groups excluding carboxylic acids is 1. The van der Waals surface area contributed by atoms with Crippen molar-refractivity contribution in [3.63, 3.8) is 0 Å². The van der Waals surface area contributed by atoms with Crippen LogP contribution in [0.5, 0.6) is 6.01 Å². The molecule has 0 saturated heterocycles. The molecule has 0 amide bonds. The van der Waals surface area contributed by atoms with E-state index >= 15 is 0 Å². The summed E-state index contributed by atoms with van der Waals surface area (Å²) in [5.74, 6) is -0.229. The normalized spacial score (nSPS) is 9.76. The Morgan fingerprint density at radius 2 is 2.18 bits per heavy atom. The van der Waals surface area contributed by atoms with Crippen LogP contribution in [-0.4, -0.2) is 41.2 Å². The van der Waals surface area contributed by atoms with Crippen molar-refractivity contribution in [1.29, 1.82) is 0 Å². The highest BCUT2D eigenvalue weighted by atomic mass is 16.5. The van der Waals surface area contributed by atoms with Crippen LogP contribution in [0.4, 0.5) is 11.9 Å². The van der Waals surface area contributed by atoms with E-state index in [-0.39, 0.29) is 24.5 Å². The fraction of sp³-hybridized carbons (Fsp3) is 0.556. The summed E-state index contributed by atoms with van der Waals surface area (Å²) < 4.78 is 9.67. The fourth-order valence-electron chi connectivity index (χ4n) is 0.932. The number of nitrogens with zero attached hydrogens (tertiary/aromatic N) is 3. The van der Waals surface area contributed by atoms with E-state index in [1.165, 1.54) is 7.11 Å². The van der Waals surface area contributed by atoms with Crippen molar-refractivity contribution in [2.75, 3.05) is 31.3 Å². The van der Waals surface area contributed by atoms with Crippen LogP contribution in [0.15, 0.2) is 0 Å². The number of ether oxygens (including phenoxy) is 2. The Balaban J connectivity index is 2.65. The van der Waals surface area contributed by atoms with Crippen LogP contribution in [0.3, 0.4) is 0 Å². The van der Waals surface area contributed by atoms with Gasteiger partial charge in [-0.2, -0.15) is 15.0 Å². The van der Waals surface area contributed by atoms with Crippen molar-refractivity contribution in [2.45, 2.75) is 13.3 Å². The van der Waals surface area contributed by atoms with Crippen LogP contribution in [0, 0.1) is 0 Å². The Morgan fingerprint density at radius 1 is 1.41 bits per heavy atom. The minimum atomic E-state index is -0.431. The molecule has 1 aromatic heterocycles. The summed E-state index contributed by atoms with van der Waals surface area (Å²) in [6.45, 7) is 2.40. The van der Waals surface area contributed by atoms with Gasteiger partial charge < -0.3 is 20.5 Å². The standard InChI is InChI=1S/C9H15N5O3/c1-3-4-17-9-13-7(10)12-8(14-9)11-5-6(15)16-2/h3-5H2,1-2H3,(H3,10,11,12,13,14). The molecule has 0 radical (unpaired) electrons. The predicted molar refractivity (Wildman–Crippen MR) is 60.5 cm³/mol. The Bertz CT molecular complexity index is 385. The molecule has 1 rings (SSSR count). The lowest BCUT2D eigenvalue weighted by Crippen LogP contribution is -2.17. The average molecular weight is 241 g/mol. The zero-order chi connectivity index (χ0) is 12.7. The van der Waals surface area contributed by atoms with E-state index in [0.29, 0.717) is 6.61 Å². The lowest BCUT2D eigenvalue weighted by atomic mass is 10.5. The van der Waals surface area contributed by atoms with Crippen LogP contribution in [0.25, 0.3) is 0 Å². The molecule has 0 unspecified atom stereocenters. The van der Waals surface area contributed by atoms with Gasteiger partial charge in [0.15, 0.2) is 0 Å². The monoisotopic (exact) mass is 241 g/mol. The second kappa shape index (κ2) is 6.46. The molecule has 0 aliphatic heterocycles. The molecule has 0 aliphatic rings. The van der Waals surface area contributed by atoms with E-state index in [4.69, 9.17) is 10.5 Å². The summed E-state index contributed by atoms with van der Waals surface area (Å²) in [6.07, 6.45) is 0.830. The van der Waals surface area contributed by atoms with Crippen molar-refractivity contribution in [3.8, 4) is 6.01 Å². The zero-order valence-corrected chi connectivity index (χ0v) is 9.77. The lowest BCUT2D eigenvalue weighted by Gasteiger charge is -2.06. The SMILES string of the molecule is CCCOc1nc(N)nc(NCC(=O)OC)n1. The molecule has 0 bridgehead atoms. The molecule has 17 heavy (non-hydrogen) atoms. The number of carbonyl (C=O) groups is 1. The maximum Gasteiger partial charge on any atom is 0.325 e. The summed E-state index contributed by atoms with van der Waals surface area (Å²) in [7, 11) is 1.29. The van der Waals surface area contributed by atoms with Gasteiger partial charge in [-0.25, -0.2) is 0 Å². The lowest BCUT2D eigenvalue weighted by molar-refractivity contribution is -0.138. The highest BCUT2D eigenvalue weighted by molar-refractivity contribution is 5.74. The first-order valence-corrected chi connectivity index (χ1v) is 5.10. The summed E-state index contributed by atoms with van der Waals surface area (Å²) in [4.78, 5) is 22.4. The number of hydrogen-bond acceptors (Lipinski definition) is 8. The van der Waals surface area contributed by atoms with Crippen molar-refractivity contribution in [1.82, 2.24) is 15.0 Å². The highest BCUT2D eigenvalue weighted by Gasteiger charge is 2.07. The van der Waals surface area contributed by atoms with Crippen LogP contribution >= 0.6 is 0 Å². The number of nitrogen functional groups attached to an aromatic ring is 1. The summed E-state index contributed by atoms with van der Waals surface area (Å²) in [5.41, 5.74) is 5.47. The molecule has 0 atom stereocenters. The van der Waals surface area contributed by atoms with Crippen LogP contribution in [0.1, 0.15) is 13.3 Å². The third-order valence-electron chi connectivity index (χ3n) is 1.69. The molecule has 1 heterocycles. The molecule has 94 valence electrons. The molecule has 0 aromatic carbocycles. The van der Waals surface area contributed by atoms with Gasteiger partial charge in [0.2, 0.25) is 11.9 Å². The second-order valence-corrected chi connectivity index (χ2v) is 3.08. The number of nitrogens with two attached hydrogens (primary N) is 1. The van der Waals surface area contributed by atoms with E-state index in [9.17, 15) is 4.79 Å². The molecule has 0 aliphatic carbocycles. The highest BCUT2D eigenvalue weighted by Crippen LogP contribution is 2.08. The number of rotatable bonds is 6. The van der Waals surface area contributed by atoms with Gasteiger partial charge >= 0.3 is 12.0 Å². The van der Waals surface area contributed by atoms with E-state index in [0.717, 1.165) is 6.42 Å². The molecule has 1 aromatic rings. The molecular weight excluding hydrogens is 226 g/mol. The van der Waals surface area contributed by atoms with Crippen molar-refractivity contribution < 1.29 is 14.3 Å². The van der Waals surface area contributed by atoms with Crippen molar-refractivity contribution in [2.24, 2.45) is 0 Å². The van der Waals surface area contributed by atoms with Gasteiger partial charge in [0.05, 0.1) is 13.7 Å². The van der Waals surface area contributed by atoms with Crippen molar-refractivity contribution in [3.05, 3.63) is 0 Å². The minimum absolute atomic E-state index is 0.0264. The maximum atomic E-state index is 10.9. The minimum Gasteiger partial charge on any atom is -0.468 e. The number of anilines is 2. The van der Waals surface area contributed by atoms with Gasteiger partial charge in [-0.1, -0.05) is 6.92 Å². The van der Waals surface area contributed by atoms with Gasteiger partial charge in [-0.05, 0) is 6.42 Å². The van der Waals surface area contributed by atoms with E-state index in [1.807, 2.05) is 6.92 Å². The Labute approximate surface area is 98.6 Å². The predicted octanol–water partition coefficient (Wildman–Crippen LogP) is -0.172. The molecule has 8 nitrogen and oxygen atoms in total. The fourth-order valence-corrected chi connectivity index (χ4v) is 0.932. The van der Waals surface area contributed by atoms with Crippen LogP contribution in [-0.2, 0) is 9.53 Å². The Kier molecular flexibility index (Phi) is 4.92. The van der Waals surface area contributed by atoms with E-state index in [1.54, 1.807) is 0 Å². The van der Waals surface area contributed by atoms with Crippen LogP contribution < -0.4 is 15.8 Å². The third kappa shape index (κ3) is 4.49. The summed E-state index contributed by atoms with van der Waals surface area (Å²) >= 11 is 0. The number of esters is 1. The van der Waals surface area contributed by atoms with E-state index in [2.05, 4.69) is 25.0 Å². The average Bonchev–Trinajstić information content (AvgIpc) is 2.32. The number of hydrogen-bond donors (Lipinski definition) is 2.